The molecule has 0 atom stereocenters. The molecule has 1 amide bonds. The number of carbonyl (C=O) groups is 1. The molecule has 0 saturated heterocycles. The third-order valence-corrected chi connectivity index (χ3v) is 4.95. The van der Waals surface area contributed by atoms with Crippen LogP contribution in [0.25, 0.3) is 0 Å². The molecule has 19 heavy (non-hydrogen) atoms. The van der Waals surface area contributed by atoms with E-state index in [1.165, 1.54) is 0 Å². The molecule has 1 heterocycles. The molecule has 2 aromatic rings. The molecule has 1 aromatic heterocycles. The van der Waals surface area contributed by atoms with Crippen LogP contribution >= 0.6 is 11.3 Å². The van der Waals surface area contributed by atoms with Gasteiger partial charge < -0.3 is 5.32 Å². The van der Waals surface area contributed by atoms with Crippen LogP contribution in [0.5, 0.6) is 0 Å². The van der Waals surface area contributed by atoms with Crippen molar-refractivity contribution in [3.8, 4) is 0 Å². The average Bonchev–Trinajstić information content (AvgIpc) is 2.85. The van der Waals surface area contributed by atoms with Crippen LogP contribution in [0.1, 0.15) is 15.9 Å². The van der Waals surface area contributed by atoms with Crippen molar-refractivity contribution in [2.45, 2.75) is 10.8 Å². The number of amides is 1. The van der Waals surface area contributed by atoms with E-state index in [9.17, 15) is 13.2 Å². The van der Waals surface area contributed by atoms with E-state index in [2.05, 4.69) is 5.32 Å². The van der Waals surface area contributed by atoms with Gasteiger partial charge in [-0.3, -0.25) is 4.79 Å². The van der Waals surface area contributed by atoms with E-state index >= 15 is 0 Å². The first-order chi connectivity index (χ1) is 8.98. The van der Waals surface area contributed by atoms with Crippen molar-refractivity contribution < 1.29 is 13.2 Å². The van der Waals surface area contributed by atoms with Gasteiger partial charge in [-0.15, -0.1) is 11.3 Å². The van der Waals surface area contributed by atoms with E-state index in [0.29, 0.717) is 11.1 Å². The minimum atomic E-state index is -3.74. The molecule has 0 aliphatic rings. The predicted octanol–water partition coefficient (Wildman–Crippen LogP) is 1.33. The normalized spacial score (nSPS) is 11.2. The molecule has 0 unspecified atom stereocenters. The highest BCUT2D eigenvalue weighted by atomic mass is 32.2. The Morgan fingerprint density at radius 1 is 1.21 bits per heavy atom. The second kappa shape index (κ2) is 5.52. The van der Waals surface area contributed by atoms with Gasteiger partial charge in [0.05, 0.1) is 0 Å². The highest BCUT2D eigenvalue weighted by Crippen LogP contribution is 2.21. The number of nitrogens with one attached hydrogen (secondary N) is 1. The molecule has 3 N–H and O–H groups in total. The molecule has 2 rings (SSSR count). The number of thiophene rings is 1. The molecule has 0 aliphatic carbocycles. The van der Waals surface area contributed by atoms with Gasteiger partial charge in [-0.25, -0.2) is 13.6 Å². The van der Waals surface area contributed by atoms with Crippen molar-refractivity contribution >= 4 is 27.3 Å². The summed E-state index contributed by atoms with van der Waals surface area (Å²) in [7, 11) is -3.74. The van der Waals surface area contributed by atoms with Gasteiger partial charge in [0, 0.05) is 17.7 Å². The molecule has 0 bridgehead atoms. The molecule has 0 aliphatic heterocycles. The van der Waals surface area contributed by atoms with Crippen molar-refractivity contribution in [2.24, 2.45) is 5.14 Å². The molecule has 1 aromatic carbocycles. The molecule has 5 nitrogen and oxygen atoms in total. The van der Waals surface area contributed by atoms with Gasteiger partial charge in [-0.1, -0.05) is 18.2 Å². The number of benzene rings is 1. The number of hydrogen-bond donors (Lipinski definition) is 2. The van der Waals surface area contributed by atoms with E-state index in [-0.39, 0.29) is 16.7 Å². The fourth-order valence-corrected chi connectivity index (χ4v) is 3.43. The minimum Gasteiger partial charge on any atom is -0.348 e. The highest BCUT2D eigenvalue weighted by molar-refractivity contribution is 7.91. The lowest BCUT2D eigenvalue weighted by Gasteiger charge is -2.05. The standard InChI is InChI=1S/C12H12N2O3S2/c13-19(16,17)12-10(6-7-18-12)8-14-11(15)9-4-2-1-3-5-9/h1-7H,8H2,(H,14,15)(H2,13,16,17). The molecular formula is C12H12N2O3S2. The summed E-state index contributed by atoms with van der Waals surface area (Å²) >= 11 is 1.04. The van der Waals surface area contributed by atoms with Gasteiger partial charge in [0.1, 0.15) is 4.21 Å². The molecule has 0 saturated carbocycles. The van der Waals surface area contributed by atoms with Gasteiger partial charge in [0.15, 0.2) is 0 Å². The quantitative estimate of drug-likeness (QED) is 0.892. The van der Waals surface area contributed by atoms with Crippen LogP contribution < -0.4 is 10.5 Å². The van der Waals surface area contributed by atoms with Crippen LogP contribution in [0.3, 0.4) is 0 Å². The molecule has 0 radical (unpaired) electrons. The second-order valence-electron chi connectivity index (χ2n) is 3.83. The fraction of sp³-hybridized carbons (Fsp3) is 0.0833. The summed E-state index contributed by atoms with van der Waals surface area (Å²) in [6, 6.07) is 10.3. The third-order valence-electron chi connectivity index (χ3n) is 2.44. The van der Waals surface area contributed by atoms with Crippen LogP contribution in [0.15, 0.2) is 46.0 Å². The number of carbonyl (C=O) groups excluding carboxylic acids is 1. The van der Waals surface area contributed by atoms with E-state index in [4.69, 9.17) is 5.14 Å². The summed E-state index contributed by atoms with van der Waals surface area (Å²) in [4.78, 5) is 11.8. The van der Waals surface area contributed by atoms with Gasteiger partial charge in [0.25, 0.3) is 5.91 Å². The summed E-state index contributed by atoms with van der Waals surface area (Å²) in [5, 5.41) is 9.38. The average molecular weight is 296 g/mol. The number of primary sulfonamides is 1. The van der Waals surface area contributed by atoms with Crippen molar-refractivity contribution in [2.75, 3.05) is 0 Å². The van der Waals surface area contributed by atoms with Gasteiger partial charge in [0.2, 0.25) is 10.0 Å². The number of sulfonamides is 1. The lowest BCUT2D eigenvalue weighted by Crippen LogP contribution is -2.24. The van der Waals surface area contributed by atoms with Crippen molar-refractivity contribution in [1.82, 2.24) is 5.32 Å². The Balaban J connectivity index is 2.08. The lowest BCUT2D eigenvalue weighted by atomic mass is 10.2. The summed E-state index contributed by atoms with van der Waals surface area (Å²) in [5.74, 6) is -0.257. The van der Waals surface area contributed by atoms with Gasteiger partial charge in [-0.2, -0.15) is 0 Å². The highest BCUT2D eigenvalue weighted by Gasteiger charge is 2.16. The van der Waals surface area contributed by atoms with E-state index in [0.717, 1.165) is 11.3 Å². The van der Waals surface area contributed by atoms with Crippen molar-refractivity contribution in [3.05, 3.63) is 52.9 Å². The minimum absolute atomic E-state index is 0.0841. The number of hydrogen-bond acceptors (Lipinski definition) is 4. The zero-order valence-corrected chi connectivity index (χ0v) is 11.5. The first-order valence-electron chi connectivity index (χ1n) is 5.41. The van der Waals surface area contributed by atoms with Gasteiger partial charge >= 0.3 is 0 Å². The first-order valence-corrected chi connectivity index (χ1v) is 7.83. The lowest BCUT2D eigenvalue weighted by molar-refractivity contribution is 0.0950. The molecular weight excluding hydrogens is 284 g/mol. The molecule has 0 fully saturated rings. The van der Waals surface area contributed by atoms with E-state index in [1.807, 2.05) is 6.07 Å². The van der Waals surface area contributed by atoms with Crippen molar-refractivity contribution in [3.63, 3.8) is 0 Å². The third kappa shape index (κ3) is 3.40. The maximum atomic E-state index is 11.8. The first kappa shape index (κ1) is 13.7. The Labute approximate surface area is 115 Å². The summed E-state index contributed by atoms with van der Waals surface area (Å²) in [6.07, 6.45) is 0. The summed E-state index contributed by atoms with van der Waals surface area (Å²) < 4.78 is 22.7. The number of nitrogens with two attached hydrogens (primary N) is 1. The zero-order valence-electron chi connectivity index (χ0n) is 9.87. The fourth-order valence-electron chi connectivity index (χ4n) is 1.57. The van der Waals surface area contributed by atoms with Crippen LogP contribution in [-0.2, 0) is 16.6 Å². The predicted molar refractivity (Wildman–Crippen MR) is 73.3 cm³/mol. The topological polar surface area (TPSA) is 89.3 Å². The second-order valence-corrected chi connectivity index (χ2v) is 6.50. The Bertz CT molecular complexity index is 678. The van der Waals surface area contributed by atoms with Crippen LogP contribution in [0.4, 0.5) is 0 Å². The van der Waals surface area contributed by atoms with Crippen LogP contribution in [-0.4, -0.2) is 14.3 Å². The van der Waals surface area contributed by atoms with E-state index < -0.39 is 10.0 Å². The largest absolute Gasteiger partial charge is 0.348 e. The zero-order chi connectivity index (χ0) is 13.9. The Kier molecular flexibility index (Phi) is 3.98. The molecule has 7 heteroatoms. The monoisotopic (exact) mass is 296 g/mol. The van der Waals surface area contributed by atoms with E-state index in [1.54, 1.807) is 35.7 Å². The van der Waals surface area contributed by atoms with Crippen LogP contribution in [0, 0.1) is 0 Å². The smallest absolute Gasteiger partial charge is 0.251 e. The summed E-state index contributed by atoms with van der Waals surface area (Å²) in [5.41, 5.74) is 1.02. The molecule has 100 valence electrons. The Hall–Kier alpha value is -1.70. The maximum absolute atomic E-state index is 11.8. The molecule has 0 spiro atoms. The van der Waals surface area contributed by atoms with Gasteiger partial charge in [-0.05, 0) is 23.6 Å². The van der Waals surface area contributed by atoms with Crippen LogP contribution in [0.2, 0.25) is 0 Å². The number of rotatable bonds is 4. The summed E-state index contributed by atoms with van der Waals surface area (Å²) in [6.45, 7) is 0.128. The maximum Gasteiger partial charge on any atom is 0.251 e. The van der Waals surface area contributed by atoms with Crippen molar-refractivity contribution in [1.29, 1.82) is 0 Å². The Morgan fingerprint density at radius 3 is 2.53 bits per heavy atom. The Morgan fingerprint density at radius 2 is 1.89 bits per heavy atom. The SMILES string of the molecule is NS(=O)(=O)c1sccc1CNC(=O)c1ccccc1.